The summed E-state index contributed by atoms with van der Waals surface area (Å²) in [5, 5.41) is 8.83. The molecule has 6 heteroatoms. The van der Waals surface area contributed by atoms with Crippen LogP contribution >= 0.6 is 0 Å². The average molecular weight is 535 g/mol. The van der Waals surface area contributed by atoms with Gasteiger partial charge in [0.1, 0.15) is 0 Å². The summed E-state index contributed by atoms with van der Waals surface area (Å²) in [6, 6.07) is 7.51. The summed E-state index contributed by atoms with van der Waals surface area (Å²) in [5.41, 5.74) is 3.31. The maximum Gasteiger partial charge on any atom is 0.303 e. The highest BCUT2D eigenvalue weighted by atomic mass is 16.4. The van der Waals surface area contributed by atoms with Gasteiger partial charge in [0.2, 0.25) is 0 Å². The van der Waals surface area contributed by atoms with Crippen LogP contribution < -0.4 is 9.80 Å². The molecule has 1 heterocycles. The summed E-state index contributed by atoms with van der Waals surface area (Å²) in [4.78, 5) is 18.7. The Balaban J connectivity index is 1.68. The number of carboxylic acids is 1. The lowest BCUT2D eigenvalue weighted by Gasteiger charge is -2.36. The molecule has 1 fully saturated rings. The molecular weight excluding hydrogens is 484 g/mol. The van der Waals surface area contributed by atoms with Crippen LogP contribution in [0.4, 0.5) is 11.4 Å². The molecule has 208 valence electrons. The lowest BCUT2D eigenvalue weighted by Crippen LogP contribution is -2.46. The minimum Gasteiger partial charge on any atom is -0.481 e. The Bertz CT molecular complexity index is 1440. The van der Waals surface area contributed by atoms with Gasteiger partial charge in [0.05, 0.1) is 8.22 Å². The first-order chi connectivity index (χ1) is 21.3. The summed E-state index contributed by atoms with van der Waals surface area (Å²) in [6.07, 6.45) is 6.12. The summed E-state index contributed by atoms with van der Waals surface area (Å²) in [5.74, 6) is -0.758. The van der Waals surface area contributed by atoms with Gasteiger partial charge in [-0.2, -0.15) is 0 Å². The zero-order valence-corrected chi connectivity index (χ0v) is 23.5. The predicted octanol–water partition coefficient (Wildman–Crippen LogP) is 5.38. The average Bonchev–Trinajstić information content (AvgIpc) is 2.92. The van der Waals surface area contributed by atoms with Crippen molar-refractivity contribution in [3.8, 4) is 0 Å². The molecule has 0 spiro atoms. The fraction of sp³-hybridized carbons (Fsp3) is 0.424. The van der Waals surface area contributed by atoms with E-state index in [2.05, 4.69) is 9.80 Å². The Hall–Kier alpha value is -3.35. The Morgan fingerprint density at radius 3 is 2.03 bits per heavy atom. The quantitative estimate of drug-likeness (QED) is 0.391. The Morgan fingerprint density at radius 1 is 0.897 bits per heavy atom. The molecule has 0 saturated carbocycles. The number of benzene rings is 2. The van der Waals surface area contributed by atoms with Crippen molar-refractivity contribution in [2.75, 3.05) is 70.7 Å². The molecule has 0 atom stereocenters. The number of hydrogen-bond acceptors (Lipinski definition) is 5. The highest BCUT2D eigenvalue weighted by molar-refractivity contribution is 5.86. The molecule has 1 N–H and O–H groups in total. The van der Waals surface area contributed by atoms with Crippen molar-refractivity contribution < 1.29 is 18.1 Å². The van der Waals surface area contributed by atoms with Crippen LogP contribution in [0.2, 0.25) is 0 Å². The van der Waals surface area contributed by atoms with Crippen molar-refractivity contribution in [3.63, 3.8) is 0 Å². The molecular formula is C33H44N4O2. The van der Waals surface area contributed by atoms with Gasteiger partial charge in [-0.05, 0) is 79.9 Å². The van der Waals surface area contributed by atoms with Crippen LogP contribution in [-0.4, -0.2) is 87.8 Å². The Kier molecular flexibility index (Phi) is 7.50. The van der Waals surface area contributed by atoms with E-state index in [1.807, 2.05) is 19.0 Å². The fourth-order valence-corrected chi connectivity index (χ4v) is 4.83. The lowest BCUT2D eigenvalue weighted by atomic mass is 9.90. The van der Waals surface area contributed by atoms with Crippen LogP contribution in [0.25, 0.3) is 5.57 Å². The zero-order chi connectivity index (χ0) is 33.0. The molecule has 6 nitrogen and oxygen atoms in total. The van der Waals surface area contributed by atoms with Gasteiger partial charge < -0.3 is 14.9 Å². The van der Waals surface area contributed by atoms with Crippen molar-refractivity contribution in [2.45, 2.75) is 31.7 Å². The van der Waals surface area contributed by atoms with Crippen molar-refractivity contribution in [3.05, 3.63) is 89.4 Å². The second kappa shape index (κ2) is 13.6. The number of rotatable bonds is 11. The molecule has 2 aromatic rings. The molecule has 0 unspecified atom stereocenters. The smallest absolute Gasteiger partial charge is 0.303 e. The van der Waals surface area contributed by atoms with Gasteiger partial charge in [-0.15, -0.1) is 0 Å². The topological polar surface area (TPSA) is 50.3 Å². The van der Waals surface area contributed by atoms with Gasteiger partial charge >= 0.3 is 5.97 Å². The van der Waals surface area contributed by atoms with Crippen LogP contribution in [0, 0.1) is 0 Å². The molecule has 0 aromatic heterocycles. The first-order valence-electron chi connectivity index (χ1n) is 16.6. The van der Waals surface area contributed by atoms with Crippen LogP contribution in [-0.2, 0) is 4.79 Å². The molecule has 39 heavy (non-hydrogen) atoms. The summed E-state index contributed by atoms with van der Waals surface area (Å²) in [6.45, 7) is 3.86. The number of aliphatic carboxylic acids is 1. The van der Waals surface area contributed by atoms with Gasteiger partial charge in [0.15, 0.2) is 0 Å². The van der Waals surface area contributed by atoms with E-state index in [0.29, 0.717) is 53.2 Å². The fourth-order valence-electron chi connectivity index (χ4n) is 4.83. The maximum absolute atomic E-state index is 10.7. The molecule has 1 saturated heterocycles. The van der Waals surface area contributed by atoms with Crippen LogP contribution in [0.1, 0.15) is 45.0 Å². The largest absolute Gasteiger partial charge is 0.481 e. The first kappa shape index (κ1) is 21.5. The number of carboxylic acid groups (broad SMARTS) is 1. The molecule has 0 amide bonds. The van der Waals surface area contributed by atoms with Crippen LogP contribution in [0.5, 0.6) is 0 Å². The number of anilines is 2. The summed E-state index contributed by atoms with van der Waals surface area (Å²) in [7, 11) is 7.22. The number of nitrogens with zero attached hydrogens (tertiary/aromatic N) is 4. The highest BCUT2D eigenvalue weighted by Crippen LogP contribution is 2.32. The third-order valence-electron chi connectivity index (χ3n) is 7.13. The predicted molar refractivity (Wildman–Crippen MR) is 164 cm³/mol. The molecule has 4 rings (SSSR count). The maximum atomic E-state index is 10.7. The number of piperazine rings is 1. The number of hydrogen-bond donors (Lipinski definition) is 1. The third-order valence-corrected chi connectivity index (χ3v) is 7.13. The van der Waals surface area contributed by atoms with Gasteiger partial charge in [0.25, 0.3) is 0 Å². The first-order valence-corrected chi connectivity index (χ1v) is 13.6. The molecule has 1 aliphatic carbocycles. The van der Waals surface area contributed by atoms with Crippen molar-refractivity contribution in [1.82, 2.24) is 9.80 Å². The van der Waals surface area contributed by atoms with Crippen molar-refractivity contribution in [2.24, 2.45) is 0 Å². The standard InChI is InChI=1S/C33H44N4O2/c1-34(2)29-15-9-26(10-16-29)33(27-11-17-30(18-12-27)35(3)4)28-13-19-31(20-14-28)37-24-22-36(23-25-37)21-7-5-6-8-32(38)39/h9-20,29H,5-8,21-25H2,1-4H3,(H,38,39)/i15D,16D,17D,18D,19D,20D. The number of allylic oxidation sites excluding steroid dienone is 3. The zero-order valence-electron chi connectivity index (χ0n) is 29.5. The Morgan fingerprint density at radius 2 is 1.49 bits per heavy atom. The summed E-state index contributed by atoms with van der Waals surface area (Å²) >= 11 is 0. The van der Waals surface area contributed by atoms with E-state index in [0.717, 1.165) is 32.5 Å². The SMILES string of the molecule is [2H]C1=CC(=C(c2cc([2H])c(N(C)C)c([2H])c2)c2cc([2H])c(N3CCN(CCCCCC(=O)O)CC3)c([2H])c2)C=C([2H])C1N(C)C. The van der Waals surface area contributed by atoms with Gasteiger partial charge in [0, 0.05) is 64.1 Å². The summed E-state index contributed by atoms with van der Waals surface area (Å²) < 4.78 is 52.7. The third kappa shape index (κ3) is 7.84. The van der Waals surface area contributed by atoms with Gasteiger partial charge in [-0.1, -0.05) is 54.9 Å². The van der Waals surface area contributed by atoms with Crippen LogP contribution in [0.3, 0.4) is 0 Å². The number of unbranched alkanes of at least 4 members (excludes halogenated alkanes) is 2. The van der Waals surface area contributed by atoms with Crippen LogP contribution in [0.15, 0.2) is 78.3 Å². The number of likely N-dealkylation sites (N-methyl/N-ethyl adjacent to an activating group) is 1. The second-order valence-electron chi connectivity index (χ2n) is 10.5. The van der Waals surface area contributed by atoms with Gasteiger partial charge in [-0.25, -0.2) is 0 Å². The van der Waals surface area contributed by atoms with Crippen molar-refractivity contribution >= 4 is 22.9 Å². The molecule has 0 radical (unpaired) electrons. The second-order valence-corrected chi connectivity index (χ2v) is 10.5. The molecule has 0 bridgehead atoms. The van der Waals surface area contributed by atoms with E-state index in [1.165, 1.54) is 0 Å². The normalized spacial score (nSPS) is 20.3. The van der Waals surface area contributed by atoms with E-state index < -0.39 is 12.0 Å². The van der Waals surface area contributed by atoms with Crippen molar-refractivity contribution in [1.29, 1.82) is 0 Å². The molecule has 1 aliphatic heterocycles. The number of carbonyl (C=O) groups is 1. The highest BCUT2D eigenvalue weighted by Gasteiger charge is 2.18. The monoisotopic (exact) mass is 534 g/mol. The van der Waals surface area contributed by atoms with E-state index in [4.69, 9.17) is 13.3 Å². The van der Waals surface area contributed by atoms with Gasteiger partial charge in [-0.3, -0.25) is 14.6 Å². The van der Waals surface area contributed by atoms with E-state index in [9.17, 15) is 4.79 Å². The molecule has 2 aromatic carbocycles. The van der Waals surface area contributed by atoms with E-state index >= 15 is 0 Å². The minimum absolute atomic E-state index is 0.168. The molecule has 2 aliphatic rings. The Labute approximate surface area is 242 Å². The minimum atomic E-state index is -0.758. The lowest BCUT2D eigenvalue weighted by molar-refractivity contribution is -0.137. The van der Waals surface area contributed by atoms with E-state index in [-0.39, 0.29) is 42.7 Å². The van der Waals surface area contributed by atoms with E-state index in [1.54, 1.807) is 55.4 Å².